The fourth-order valence-corrected chi connectivity index (χ4v) is 3.70. The number of unbranched alkanes of at least 4 members (excludes halogenated alkanes) is 11. The minimum atomic E-state index is -0.857. The summed E-state index contributed by atoms with van der Waals surface area (Å²) in [7, 11) is 0. The van der Waals surface area contributed by atoms with Crippen molar-refractivity contribution in [3.8, 4) is 0 Å². The summed E-state index contributed by atoms with van der Waals surface area (Å²) >= 11 is 0. The van der Waals surface area contributed by atoms with E-state index in [0.29, 0.717) is 0 Å². The van der Waals surface area contributed by atoms with Crippen molar-refractivity contribution in [1.29, 1.82) is 0 Å². The summed E-state index contributed by atoms with van der Waals surface area (Å²) in [6, 6.07) is 0. The molecule has 0 aromatic rings. The van der Waals surface area contributed by atoms with Crippen molar-refractivity contribution in [2.75, 3.05) is 6.61 Å². The molecule has 0 unspecified atom stereocenters. The molecule has 2 N–H and O–H groups in total. The first kappa shape index (κ1) is 22.9. The lowest BCUT2D eigenvalue weighted by molar-refractivity contribution is -0.157. The van der Waals surface area contributed by atoms with Crippen molar-refractivity contribution >= 4 is 0 Å². The smallest absolute Gasteiger partial charge is 0.163 e. The summed E-state index contributed by atoms with van der Waals surface area (Å²) in [6.07, 6.45) is 15.5. The molecule has 1 fully saturated rings. The Morgan fingerprint density at radius 1 is 0.800 bits per heavy atom. The van der Waals surface area contributed by atoms with Crippen LogP contribution < -0.4 is 0 Å². The summed E-state index contributed by atoms with van der Waals surface area (Å²) in [5.41, 5.74) is 0. The van der Waals surface area contributed by atoms with Crippen molar-refractivity contribution in [3.63, 3.8) is 0 Å². The number of hydrogen-bond acceptors (Lipinski definition) is 4. The van der Waals surface area contributed by atoms with E-state index in [1.807, 2.05) is 13.8 Å². The Morgan fingerprint density at radius 2 is 1.28 bits per heavy atom. The predicted molar refractivity (Wildman–Crippen MR) is 103 cm³/mol. The van der Waals surface area contributed by atoms with Gasteiger partial charge in [0.2, 0.25) is 0 Å². The molecule has 0 spiro atoms. The average Bonchev–Trinajstić information content (AvgIpc) is 2.90. The molecule has 0 bridgehead atoms. The topological polar surface area (TPSA) is 58.9 Å². The maximum Gasteiger partial charge on any atom is 0.163 e. The van der Waals surface area contributed by atoms with Gasteiger partial charge in [0.05, 0.1) is 12.7 Å². The van der Waals surface area contributed by atoms with Gasteiger partial charge in [0.1, 0.15) is 12.2 Å². The Hall–Kier alpha value is -0.160. The van der Waals surface area contributed by atoms with Crippen molar-refractivity contribution in [2.24, 2.45) is 0 Å². The second-order valence-corrected chi connectivity index (χ2v) is 8.07. The van der Waals surface area contributed by atoms with E-state index >= 15 is 0 Å². The van der Waals surface area contributed by atoms with E-state index < -0.39 is 18.0 Å². The minimum Gasteiger partial charge on any atom is -0.394 e. The molecule has 1 saturated heterocycles. The molecule has 0 aromatic carbocycles. The molecule has 0 radical (unpaired) electrons. The quantitative estimate of drug-likeness (QED) is 0.407. The van der Waals surface area contributed by atoms with Gasteiger partial charge in [-0.15, -0.1) is 0 Å². The van der Waals surface area contributed by atoms with Gasteiger partial charge in [0.25, 0.3) is 0 Å². The van der Waals surface area contributed by atoms with Crippen LogP contribution in [0.15, 0.2) is 0 Å². The molecular weight excluding hydrogens is 316 g/mol. The summed E-state index contributed by atoms with van der Waals surface area (Å²) in [4.78, 5) is 0. The maximum absolute atomic E-state index is 9.90. The van der Waals surface area contributed by atoms with Crippen LogP contribution in [-0.4, -0.2) is 40.9 Å². The molecule has 0 amide bonds. The lowest BCUT2D eigenvalue weighted by Gasteiger charge is -2.20. The molecule has 1 rings (SSSR count). The number of aliphatic hydroxyl groups is 2. The third kappa shape index (κ3) is 9.93. The molecule has 3 atom stereocenters. The third-order valence-corrected chi connectivity index (χ3v) is 5.13. The van der Waals surface area contributed by atoms with Crippen LogP contribution in [0, 0.1) is 0 Å². The average molecular weight is 359 g/mol. The largest absolute Gasteiger partial charge is 0.394 e. The van der Waals surface area contributed by atoms with Crippen molar-refractivity contribution in [3.05, 3.63) is 0 Å². The van der Waals surface area contributed by atoms with E-state index in [0.717, 1.165) is 12.8 Å². The van der Waals surface area contributed by atoms with Crippen LogP contribution in [0.25, 0.3) is 0 Å². The summed E-state index contributed by atoms with van der Waals surface area (Å²) in [6.45, 7) is 5.72. The molecule has 1 aliphatic heterocycles. The highest BCUT2D eigenvalue weighted by Crippen LogP contribution is 2.32. The number of aliphatic hydroxyl groups excluding tert-OH is 2. The highest BCUT2D eigenvalue weighted by Gasteiger charge is 2.43. The lowest BCUT2D eigenvalue weighted by atomic mass is 10.0. The highest BCUT2D eigenvalue weighted by atomic mass is 16.8. The van der Waals surface area contributed by atoms with Crippen LogP contribution in [0.1, 0.15) is 104 Å². The first-order chi connectivity index (χ1) is 12.0. The Labute approximate surface area is 155 Å². The van der Waals surface area contributed by atoms with Crippen LogP contribution in [-0.2, 0) is 9.47 Å². The van der Waals surface area contributed by atoms with Gasteiger partial charge in [-0.2, -0.15) is 0 Å². The zero-order valence-electron chi connectivity index (χ0n) is 16.8. The Bertz CT molecular complexity index is 319. The molecular formula is C21H42O4. The molecule has 0 aliphatic carbocycles. The Balaban J connectivity index is 2.00. The fourth-order valence-electron chi connectivity index (χ4n) is 3.70. The van der Waals surface area contributed by atoms with Crippen LogP contribution in [0.4, 0.5) is 0 Å². The standard InChI is InChI=1S/C21H42O4/c1-4-5-6-7-8-9-10-11-12-13-14-15-16-19-20(18(23)17-22)25-21(2,3)24-19/h18-20,22-23H,4-17H2,1-3H3/t18-,19-,20-/m0/s1. The summed E-state index contributed by atoms with van der Waals surface area (Å²) < 4.78 is 11.6. The fraction of sp³-hybridized carbons (Fsp3) is 1.00. The van der Waals surface area contributed by atoms with E-state index in [1.165, 1.54) is 70.6 Å². The summed E-state index contributed by atoms with van der Waals surface area (Å²) in [5.74, 6) is -0.664. The molecule has 0 aromatic heterocycles. The second-order valence-electron chi connectivity index (χ2n) is 8.07. The Morgan fingerprint density at radius 3 is 1.76 bits per heavy atom. The van der Waals surface area contributed by atoms with Crippen LogP contribution in [0.2, 0.25) is 0 Å². The van der Waals surface area contributed by atoms with E-state index in [1.54, 1.807) is 0 Å². The number of hydrogen-bond donors (Lipinski definition) is 2. The molecule has 1 aliphatic rings. The van der Waals surface area contributed by atoms with Crippen molar-refractivity contribution in [1.82, 2.24) is 0 Å². The van der Waals surface area contributed by atoms with Crippen LogP contribution in [0.5, 0.6) is 0 Å². The summed E-state index contributed by atoms with van der Waals surface area (Å²) in [5, 5.41) is 19.1. The van der Waals surface area contributed by atoms with Gasteiger partial charge in [0.15, 0.2) is 5.79 Å². The van der Waals surface area contributed by atoms with E-state index in [2.05, 4.69) is 6.92 Å². The zero-order chi connectivity index (χ0) is 18.5. The van der Waals surface area contributed by atoms with E-state index in [9.17, 15) is 10.2 Å². The lowest BCUT2D eigenvalue weighted by Crippen LogP contribution is -2.37. The van der Waals surface area contributed by atoms with Gasteiger partial charge >= 0.3 is 0 Å². The first-order valence-corrected chi connectivity index (χ1v) is 10.6. The second kappa shape index (κ2) is 13.1. The van der Waals surface area contributed by atoms with Gasteiger partial charge in [-0.05, 0) is 20.3 Å². The molecule has 25 heavy (non-hydrogen) atoms. The molecule has 0 saturated carbocycles. The molecule has 150 valence electrons. The van der Waals surface area contributed by atoms with Crippen LogP contribution in [0.3, 0.4) is 0 Å². The normalized spacial score (nSPS) is 23.9. The van der Waals surface area contributed by atoms with Gasteiger partial charge in [-0.3, -0.25) is 0 Å². The van der Waals surface area contributed by atoms with Crippen LogP contribution >= 0.6 is 0 Å². The first-order valence-electron chi connectivity index (χ1n) is 10.6. The van der Waals surface area contributed by atoms with Gasteiger partial charge in [-0.25, -0.2) is 0 Å². The Kier molecular flexibility index (Phi) is 12.0. The van der Waals surface area contributed by atoms with E-state index in [4.69, 9.17) is 9.47 Å². The zero-order valence-corrected chi connectivity index (χ0v) is 16.8. The number of rotatable bonds is 15. The predicted octanol–water partition coefficient (Wildman–Crippen LogP) is 4.95. The van der Waals surface area contributed by atoms with Crippen molar-refractivity contribution in [2.45, 2.75) is 128 Å². The molecule has 4 nitrogen and oxygen atoms in total. The maximum atomic E-state index is 9.90. The molecule has 1 heterocycles. The van der Waals surface area contributed by atoms with Gasteiger partial charge < -0.3 is 19.7 Å². The van der Waals surface area contributed by atoms with E-state index in [-0.39, 0.29) is 12.7 Å². The SMILES string of the molecule is CCCCCCCCCCCCCC[C@@H]1OC(C)(C)O[C@H]1[C@@H](O)CO. The highest BCUT2D eigenvalue weighted by molar-refractivity contribution is 4.86. The van der Waals surface area contributed by atoms with Crippen molar-refractivity contribution < 1.29 is 19.7 Å². The number of ether oxygens (including phenoxy) is 2. The monoisotopic (exact) mass is 358 g/mol. The van der Waals surface area contributed by atoms with Gasteiger partial charge in [0, 0.05) is 0 Å². The third-order valence-electron chi connectivity index (χ3n) is 5.13. The minimum absolute atomic E-state index is 0.111. The van der Waals surface area contributed by atoms with Gasteiger partial charge in [-0.1, -0.05) is 84.0 Å². The molecule has 4 heteroatoms.